The summed E-state index contributed by atoms with van der Waals surface area (Å²) in [6.07, 6.45) is 4.99. The lowest BCUT2D eigenvalue weighted by atomic mass is 9.87. The van der Waals surface area contributed by atoms with Crippen LogP contribution in [0, 0.1) is 5.92 Å². The Morgan fingerprint density at radius 1 is 1.38 bits per heavy atom. The smallest absolute Gasteiger partial charge is 0.318 e. The molecule has 0 radical (unpaired) electrons. The number of fused-ring (bicyclic) bond motifs is 1. The van der Waals surface area contributed by atoms with Crippen molar-refractivity contribution in [2.24, 2.45) is 5.92 Å². The zero-order chi connectivity index (χ0) is 11.5. The van der Waals surface area contributed by atoms with Crippen molar-refractivity contribution in [1.29, 1.82) is 0 Å². The van der Waals surface area contributed by atoms with Gasteiger partial charge in [-0.15, -0.1) is 0 Å². The normalized spacial score (nSPS) is 29.8. The van der Waals surface area contributed by atoms with Crippen LogP contribution in [0.3, 0.4) is 0 Å². The van der Waals surface area contributed by atoms with E-state index in [-0.39, 0.29) is 11.9 Å². The van der Waals surface area contributed by atoms with Crippen molar-refractivity contribution < 1.29 is 14.3 Å². The minimum Gasteiger partial charge on any atom is -0.465 e. The van der Waals surface area contributed by atoms with E-state index in [1.807, 2.05) is 4.90 Å². The van der Waals surface area contributed by atoms with Gasteiger partial charge in [0.15, 0.2) is 0 Å². The zero-order valence-corrected chi connectivity index (χ0v) is 9.78. The first kappa shape index (κ1) is 11.4. The molecule has 0 aromatic rings. The van der Waals surface area contributed by atoms with E-state index in [1.54, 1.807) is 6.92 Å². The molecule has 0 aliphatic carbocycles. The molecule has 0 unspecified atom stereocenters. The van der Waals surface area contributed by atoms with Crippen molar-refractivity contribution in [1.82, 2.24) is 4.90 Å². The number of nitrogens with zero attached hydrogens (tertiary/aromatic N) is 1. The Morgan fingerprint density at radius 2 is 2.19 bits per heavy atom. The monoisotopic (exact) mass is 225 g/mol. The lowest BCUT2D eigenvalue weighted by Crippen LogP contribution is -2.52. The molecule has 2 saturated heterocycles. The van der Waals surface area contributed by atoms with E-state index in [1.165, 1.54) is 6.42 Å². The first-order chi connectivity index (χ1) is 7.74. The molecular weight excluding hydrogens is 206 g/mol. The highest BCUT2D eigenvalue weighted by Crippen LogP contribution is 2.30. The van der Waals surface area contributed by atoms with E-state index in [0.717, 1.165) is 25.8 Å². The molecule has 0 spiro atoms. The van der Waals surface area contributed by atoms with E-state index in [0.29, 0.717) is 19.1 Å². The molecule has 0 bridgehead atoms. The highest BCUT2D eigenvalue weighted by molar-refractivity contribution is 5.98. The predicted molar refractivity (Wildman–Crippen MR) is 58.7 cm³/mol. The lowest BCUT2D eigenvalue weighted by Gasteiger charge is -2.41. The third kappa shape index (κ3) is 2.06. The summed E-state index contributed by atoms with van der Waals surface area (Å²) in [5, 5.41) is 0. The number of carbonyl (C=O) groups is 2. The second-order valence-electron chi connectivity index (χ2n) is 4.56. The number of amides is 1. The van der Waals surface area contributed by atoms with Crippen molar-refractivity contribution in [3.05, 3.63) is 0 Å². The van der Waals surface area contributed by atoms with Gasteiger partial charge in [-0.2, -0.15) is 0 Å². The number of carbonyl (C=O) groups excluding carboxylic acids is 2. The average Bonchev–Trinajstić information content (AvgIpc) is 2.30. The standard InChI is InChI=1S/C12H19NO3/c1-2-16-12(15)10-7-6-9-5-3-4-8-13(9)11(10)14/h9-10H,2-8H2,1H3/t9-,10+/m0/s1. The Bertz CT molecular complexity index is 290. The van der Waals surface area contributed by atoms with E-state index < -0.39 is 5.92 Å². The second-order valence-corrected chi connectivity index (χ2v) is 4.56. The number of hydrogen-bond acceptors (Lipinski definition) is 3. The summed E-state index contributed by atoms with van der Waals surface area (Å²) in [6, 6.07) is 0.381. The summed E-state index contributed by atoms with van der Waals surface area (Å²) in [5.74, 6) is -0.875. The molecule has 4 heteroatoms. The van der Waals surface area contributed by atoms with E-state index in [2.05, 4.69) is 0 Å². The molecule has 0 saturated carbocycles. The van der Waals surface area contributed by atoms with Crippen molar-refractivity contribution in [3.8, 4) is 0 Å². The molecule has 2 rings (SSSR count). The SMILES string of the molecule is CCOC(=O)[C@@H]1CC[C@@H]2CCCCN2C1=O. The quantitative estimate of drug-likeness (QED) is 0.526. The van der Waals surface area contributed by atoms with Gasteiger partial charge in [0.05, 0.1) is 6.61 Å². The summed E-state index contributed by atoms with van der Waals surface area (Å²) in [7, 11) is 0. The number of rotatable bonds is 2. The third-order valence-electron chi connectivity index (χ3n) is 3.57. The van der Waals surface area contributed by atoms with Gasteiger partial charge in [-0.25, -0.2) is 0 Å². The Hall–Kier alpha value is -1.06. The largest absolute Gasteiger partial charge is 0.465 e. The molecule has 0 N–H and O–H groups in total. The van der Waals surface area contributed by atoms with Crippen LogP contribution >= 0.6 is 0 Å². The summed E-state index contributed by atoms with van der Waals surface area (Å²) in [6.45, 7) is 2.94. The second kappa shape index (κ2) is 4.85. The molecule has 2 fully saturated rings. The molecular formula is C12H19NO3. The number of piperidine rings is 2. The topological polar surface area (TPSA) is 46.6 Å². The van der Waals surface area contributed by atoms with Gasteiger partial charge in [0, 0.05) is 12.6 Å². The Morgan fingerprint density at radius 3 is 2.94 bits per heavy atom. The fourth-order valence-electron chi connectivity index (χ4n) is 2.74. The summed E-state index contributed by atoms with van der Waals surface area (Å²) >= 11 is 0. The lowest BCUT2D eigenvalue weighted by molar-refractivity contribution is -0.160. The maximum Gasteiger partial charge on any atom is 0.318 e. The van der Waals surface area contributed by atoms with Gasteiger partial charge in [-0.05, 0) is 39.0 Å². The Labute approximate surface area is 95.9 Å². The molecule has 16 heavy (non-hydrogen) atoms. The van der Waals surface area contributed by atoms with E-state index in [4.69, 9.17) is 4.74 Å². The van der Waals surface area contributed by atoms with Crippen LogP contribution in [0.25, 0.3) is 0 Å². The maximum absolute atomic E-state index is 12.1. The highest BCUT2D eigenvalue weighted by Gasteiger charge is 2.40. The van der Waals surface area contributed by atoms with Gasteiger partial charge in [0.25, 0.3) is 0 Å². The fourth-order valence-corrected chi connectivity index (χ4v) is 2.74. The molecule has 0 aromatic heterocycles. The molecule has 2 atom stereocenters. The Kier molecular flexibility index (Phi) is 3.46. The summed E-state index contributed by atoms with van der Waals surface area (Å²) in [4.78, 5) is 25.6. The van der Waals surface area contributed by atoms with E-state index >= 15 is 0 Å². The van der Waals surface area contributed by atoms with Crippen LogP contribution in [-0.4, -0.2) is 36.0 Å². The van der Waals surface area contributed by atoms with Gasteiger partial charge in [-0.3, -0.25) is 9.59 Å². The molecule has 90 valence electrons. The van der Waals surface area contributed by atoms with Crippen LogP contribution in [0.15, 0.2) is 0 Å². The molecule has 2 aliphatic rings. The first-order valence-corrected chi connectivity index (χ1v) is 6.21. The zero-order valence-electron chi connectivity index (χ0n) is 9.78. The molecule has 2 aliphatic heterocycles. The van der Waals surface area contributed by atoms with Gasteiger partial charge >= 0.3 is 5.97 Å². The van der Waals surface area contributed by atoms with Crippen molar-refractivity contribution in [2.75, 3.05) is 13.2 Å². The van der Waals surface area contributed by atoms with Crippen LogP contribution < -0.4 is 0 Å². The first-order valence-electron chi connectivity index (χ1n) is 6.21. The number of esters is 1. The van der Waals surface area contributed by atoms with E-state index in [9.17, 15) is 9.59 Å². The maximum atomic E-state index is 12.1. The minimum atomic E-state index is -0.533. The van der Waals surface area contributed by atoms with Crippen LogP contribution in [0.2, 0.25) is 0 Å². The van der Waals surface area contributed by atoms with Crippen LogP contribution in [0.1, 0.15) is 39.0 Å². The van der Waals surface area contributed by atoms with Crippen molar-refractivity contribution in [3.63, 3.8) is 0 Å². The van der Waals surface area contributed by atoms with Crippen molar-refractivity contribution in [2.45, 2.75) is 45.1 Å². The van der Waals surface area contributed by atoms with Crippen LogP contribution in [0.4, 0.5) is 0 Å². The summed E-state index contributed by atoms with van der Waals surface area (Å²) < 4.78 is 4.95. The molecule has 2 heterocycles. The van der Waals surface area contributed by atoms with Gasteiger partial charge in [0.1, 0.15) is 5.92 Å². The molecule has 4 nitrogen and oxygen atoms in total. The van der Waals surface area contributed by atoms with Crippen LogP contribution in [-0.2, 0) is 14.3 Å². The fraction of sp³-hybridized carbons (Fsp3) is 0.833. The number of hydrogen-bond donors (Lipinski definition) is 0. The van der Waals surface area contributed by atoms with Gasteiger partial charge < -0.3 is 9.64 Å². The summed E-state index contributed by atoms with van der Waals surface area (Å²) in [5.41, 5.74) is 0. The van der Waals surface area contributed by atoms with Crippen molar-refractivity contribution >= 4 is 11.9 Å². The number of ether oxygens (including phenoxy) is 1. The predicted octanol–water partition coefficient (Wildman–Crippen LogP) is 1.34. The highest BCUT2D eigenvalue weighted by atomic mass is 16.5. The van der Waals surface area contributed by atoms with Gasteiger partial charge in [0.2, 0.25) is 5.91 Å². The van der Waals surface area contributed by atoms with Crippen LogP contribution in [0.5, 0.6) is 0 Å². The average molecular weight is 225 g/mol. The molecule has 1 amide bonds. The van der Waals surface area contributed by atoms with Gasteiger partial charge in [-0.1, -0.05) is 0 Å². The minimum absolute atomic E-state index is 0.00519. The molecule has 0 aromatic carbocycles. The Balaban J connectivity index is 2.02. The third-order valence-corrected chi connectivity index (χ3v) is 3.57.